The fourth-order valence-electron chi connectivity index (χ4n) is 6.51. The third kappa shape index (κ3) is 3.96. The van der Waals surface area contributed by atoms with Crippen LogP contribution in [0, 0.1) is 17.3 Å². The molecule has 5 fully saturated rings. The van der Waals surface area contributed by atoms with E-state index in [-0.39, 0.29) is 17.4 Å². The quantitative estimate of drug-likeness (QED) is 0.802. The van der Waals surface area contributed by atoms with Gasteiger partial charge in [0, 0.05) is 32.6 Å². The lowest BCUT2D eigenvalue weighted by Gasteiger charge is -2.60. The number of rotatable bonds is 2. The highest BCUT2D eigenvalue weighted by Crippen LogP contribution is 2.62. The highest BCUT2D eigenvalue weighted by atomic mass is 16.6. The second-order valence-corrected chi connectivity index (χ2v) is 10.7. The molecule has 6 heteroatoms. The molecule has 152 valence electrons. The van der Waals surface area contributed by atoms with Crippen LogP contribution in [0.15, 0.2) is 0 Å². The third-order valence-electron chi connectivity index (χ3n) is 6.96. The van der Waals surface area contributed by atoms with Gasteiger partial charge in [-0.25, -0.2) is 4.79 Å². The number of aliphatic hydroxyl groups is 1. The van der Waals surface area contributed by atoms with Gasteiger partial charge >= 0.3 is 6.09 Å². The van der Waals surface area contributed by atoms with E-state index in [1.165, 1.54) is 6.42 Å². The van der Waals surface area contributed by atoms with Crippen molar-refractivity contribution in [3.05, 3.63) is 0 Å². The molecule has 0 aromatic carbocycles. The molecule has 4 bridgehead atoms. The van der Waals surface area contributed by atoms with E-state index >= 15 is 0 Å². The van der Waals surface area contributed by atoms with Gasteiger partial charge < -0.3 is 19.6 Å². The number of amides is 2. The Balaban J connectivity index is 1.32. The normalized spacial score (nSPS) is 38.2. The van der Waals surface area contributed by atoms with E-state index < -0.39 is 11.2 Å². The van der Waals surface area contributed by atoms with Gasteiger partial charge in [0.05, 0.1) is 5.60 Å². The van der Waals surface area contributed by atoms with E-state index in [4.69, 9.17) is 4.74 Å². The zero-order valence-corrected chi connectivity index (χ0v) is 17.0. The first-order chi connectivity index (χ1) is 12.5. The Kier molecular flexibility index (Phi) is 4.48. The van der Waals surface area contributed by atoms with Gasteiger partial charge in [-0.3, -0.25) is 4.79 Å². The highest BCUT2D eigenvalue weighted by molar-refractivity contribution is 5.77. The van der Waals surface area contributed by atoms with Gasteiger partial charge in [0.2, 0.25) is 5.91 Å². The first-order valence-corrected chi connectivity index (χ1v) is 10.5. The molecule has 27 heavy (non-hydrogen) atoms. The largest absolute Gasteiger partial charge is 0.444 e. The van der Waals surface area contributed by atoms with E-state index in [1.54, 1.807) is 4.90 Å². The Morgan fingerprint density at radius 1 is 1.00 bits per heavy atom. The summed E-state index contributed by atoms with van der Waals surface area (Å²) in [5.74, 6) is 1.41. The molecule has 5 aliphatic rings. The molecule has 1 saturated heterocycles. The monoisotopic (exact) mass is 378 g/mol. The number of hydrogen-bond donors (Lipinski definition) is 1. The van der Waals surface area contributed by atoms with Crippen molar-refractivity contribution in [1.29, 1.82) is 0 Å². The zero-order valence-electron chi connectivity index (χ0n) is 17.0. The summed E-state index contributed by atoms with van der Waals surface area (Å²) < 4.78 is 5.43. The molecule has 2 amide bonds. The SMILES string of the molecule is CC(C)(C)OC(=O)N1CCN(C(=O)CC23C[C@H]4C[C@@H](CC(O)(C4)C2)C3)CC1. The second-order valence-electron chi connectivity index (χ2n) is 10.7. The molecule has 0 aromatic heterocycles. The summed E-state index contributed by atoms with van der Waals surface area (Å²) in [4.78, 5) is 28.8. The molecular weight excluding hydrogens is 344 g/mol. The van der Waals surface area contributed by atoms with Crippen LogP contribution in [0.4, 0.5) is 4.79 Å². The first-order valence-electron chi connectivity index (χ1n) is 10.5. The van der Waals surface area contributed by atoms with Crippen LogP contribution in [-0.4, -0.2) is 64.3 Å². The molecule has 0 aromatic rings. The summed E-state index contributed by atoms with van der Waals surface area (Å²) in [6.45, 7) is 7.81. The Morgan fingerprint density at radius 2 is 1.56 bits per heavy atom. The average Bonchev–Trinajstić information content (AvgIpc) is 2.50. The molecule has 1 aliphatic heterocycles. The minimum Gasteiger partial charge on any atom is -0.444 e. The van der Waals surface area contributed by atoms with Gasteiger partial charge in [-0.05, 0) is 76.5 Å². The van der Waals surface area contributed by atoms with Crippen LogP contribution in [0.1, 0.15) is 65.7 Å². The molecule has 6 nitrogen and oxygen atoms in total. The van der Waals surface area contributed by atoms with Gasteiger partial charge in [-0.1, -0.05) is 0 Å². The van der Waals surface area contributed by atoms with Crippen molar-refractivity contribution < 1.29 is 19.4 Å². The topological polar surface area (TPSA) is 70.1 Å². The molecule has 4 saturated carbocycles. The summed E-state index contributed by atoms with van der Waals surface area (Å²) in [5, 5.41) is 10.9. The highest BCUT2D eigenvalue weighted by Gasteiger charge is 2.57. The Morgan fingerprint density at radius 3 is 2.07 bits per heavy atom. The van der Waals surface area contributed by atoms with Gasteiger partial charge in [-0.2, -0.15) is 0 Å². The average molecular weight is 379 g/mol. The van der Waals surface area contributed by atoms with Crippen LogP contribution in [0.3, 0.4) is 0 Å². The van der Waals surface area contributed by atoms with Crippen molar-refractivity contribution >= 4 is 12.0 Å². The smallest absolute Gasteiger partial charge is 0.410 e. The van der Waals surface area contributed by atoms with Gasteiger partial charge in [0.25, 0.3) is 0 Å². The standard InChI is InChI=1S/C21H34N2O4/c1-19(2,3)27-18(25)23-6-4-22(5-7-23)17(24)13-20-9-15-8-16(10-20)12-21(26,11-15)14-20/h15-16,26H,4-14H2,1-3H3/t15-,16-,20?,21?/m1/s1. The second kappa shape index (κ2) is 6.36. The Labute approximate surface area is 162 Å². The van der Waals surface area contributed by atoms with E-state index in [9.17, 15) is 14.7 Å². The molecule has 5 rings (SSSR count). The summed E-state index contributed by atoms with van der Waals surface area (Å²) in [6, 6.07) is 0. The van der Waals surface area contributed by atoms with Crippen molar-refractivity contribution in [2.24, 2.45) is 17.3 Å². The molecule has 1 N–H and O–H groups in total. The number of carbonyl (C=O) groups excluding carboxylic acids is 2. The van der Waals surface area contributed by atoms with Crippen molar-refractivity contribution in [1.82, 2.24) is 9.80 Å². The Bertz CT molecular complexity index is 604. The number of carbonyl (C=O) groups is 2. The minimum absolute atomic E-state index is 0.0121. The number of piperazine rings is 1. The van der Waals surface area contributed by atoms with Crippen LogP contribution in [-0.2, 0) is 9.53 Å². The van der Waals surface area contributed by atoms with Crippen LogP contribution >= 0.6 is 0 Å². The van der Waals surface area contributed by atoms with E-state index in [2.05, 4.69) is 0 Å². The van der Waals surface area contributed by atoms with E-state index in [0.29, 0.717) is 44.4 Å². The van der Waals surface area contributed by atoms with E-state index in [1.807, 2.05) is 25.7 Å². The summed E-state index contributed by atoms with van der Waals surface area (Å²) in [7, 11) is 0. The molecule has 0 spiro atoms. The number of hydrogen-bond acceptors (Lipinski definition) is 4. The lowest BCUT2D eigenvalue weighted by atomic mass is 9.47. The first kappa shape index (κ1) is 19.0. The minimum atomic E-state index is -0.514. The van der Waals surface area contributed by atoms with Gasteiger partial charge in [-0.15, -0.1) is 0 Å². The maximum absolute atomic E-state index is 13.0. The van der Waals surface area contributed by atoms with Crippen molar-refractivity contribution in [2.45, 2.75) is 76.9 Å². The predicted molar refractivity (Wildman–Crippen MR) is 101 cm³/mol. The molecule has 2 atom stereocenters. The summed E-state index contributed by atoms with van der Waals surface area (Å²) >= 11 is 0. The molecule has 0 radical (unpaired) electrons. The van der Waals surface area contributed by atoms with Crippen molar-refractivity contribution in [2.75, 3.05) is 26.2 Å². The van der Waals surface area contributed by atoms with Gasteiger partial charge in [0.1, 0.15) is 5.60 Å². The number of nitrogens with zero attached hydrogens (tertiary/aromatic N) is 2. The fourth-order valence-corrected chi connectivity index (χ4v) is 6.51. The number of ether oxygens (including phenoxy) is 1. The third-order valence-corrected chi connectivity index (χ3v) is 6.96. The molecule has 0 unspecified atom stereocenters. The van der Waals surface area contributed by atoms with Crippen LogP contribution < -0.4 is 0 Å². The lowest BCUT2D eigenvalue weighted by molar-refractivity contribution is -0.172. The van der Waals surface area contributed by atoms with E-state index in [0.717, 1.165) is 32.1 Å². The lowest BCUT2D eigenvalue weighted by Crippen LogP contribution is -2.57. The van der Waals surface area contributed by atoms with Crippen molar-refractivity contribution in [3.63, 3.8) is 0 Å². The fraction of sp³-hybridized carbons (Fsp3) is 0.905. The van der Waals surface area contributed by atoms with Crippen molar-refractivity contribution in [3.8, 4) is 0 Å². The molecule has 4 aliphatic carbocycles. The summed E-state index contributed by atoms with van der Waals surface area (Å²) in [5.41, 5.74) is -0.999. The maximum atomic E-state index is 13.0. The molecular formula is C21H34N2O4. The summed E-state index contributed by atoms with van der Waals surface area (Å²) in [6.07, 6.45) is 6.41. The molecule has 1 heterocycles. The van der Waals surface area contributed by atoms with Crippen LogP contribution in [0.5, 0.6) is 0 Å². The Hall–Kier alpha value is -1.30. The van der Waals surface area contributed by atoms with Crippen LogP contribution in [0.2, 0.25) is 0 Å². The zero-order chi connectivity index (χ0) is 19.4. The van der Waals surface area contributed by atoms with Crippen LogP contribution in [0.25, 0.3) is 0 Å². The predicted octanol–water partition coefficient (Wildman–Crippen LogP) is 2.79. The van der Waals surface area contributed by atoms with Gasteiger partial charge in [0.15, 0.2) is 0 Å². The maximum Gasteiger partial charge on any atom is 0.410 e.